The molecule has 16 heavy (non-hydrogen) atoms. The van der Waals surface area contributed by atoms with Crippen LogP contribution in [0.1, 0.15) is 31.9 Å². The van der Waals surface area contributed by atoms with E-state index in [1.165, 1.54) is 19.3 Å². The Kier molecular flexibility index (Phi) is 3.78. The summed E-state index contributed by atoms with van der Waals surface area (Å²) in [5, 5.41) is 0. The van der Waals surface area contributed by atoms with E-state index in [1.807, 2.05) is 6.07 Å². The summed E-state index contributed by atoms with van der Waals surface area (Å²) < 4.78 is 0. The van der Waals surface area contributed by atoms with E-state index in [4.69, 9.17) is 5.73 Å². The summed E-state index contributed by atoms with van der Waals surface area (Å²) in [5.41, 5.74) is 6.59. The fourth-order valence-electron chi connectivity index (χ4n) is 2.33. The average Bonchev–Trinajstić information content (AvgIpc) is 2.39. The van der Waals surface area contributed by atoms with E-state index in [1.54, 1.807) is 0 Å². The Hall–Kier alpha value is -1.09. The van der Waals surface area contributed by atoms with Gasteiger partial charge in [0.05, 0.1) is 5.69 Å². The van der Waals surface area contributed by atoms with Crippen LogP contribution in [0.15, 0.2) is 18.2 Å². The Labute approximate surface area is 97.7 Å². The molecule has 2 rings (SSSR count). The van der Waals surface area contributed by atoms with Crippen LogP contribution in [-0.4, -0.2) is 18.1 Å². The summed E-state index contributed by atoms with van der Waals surface area (Å²) in [6.07, 6.45) is 3.90. The van der Waals surface area contributed by atoms with Crippen molar-refractivity contribution in [3.8, 4) is 0 Å². The molecule has 0 spiro atoms. The molecule has 0 saturated carbocycles. The molecule has 0 radical (unpaired) electrons. The van der Waals surface area contributed by atoms with E-state index >= 15 is 0 Å². The van der Waals surface area contributed by atoms with Gasteiger partial charge in [-0.05, 0) is 30.9 Å². The normalized spacial score (nSPS) is 17.8. The number of nitrogens with two attached hydrogens (primary N) is 1. The van der Waals surface area contributed by atoms with Crippen LogP contribution in [0.2, 0.25) is 0 Å². The molecule has 3 heteroatoms. The third-order valence-corrected chi connectivity index (χ3v) is 3.52. The van der Waals surface area contributed by atoms with Crippen LogP contribution in [0.3, 0.4) is 0 Å². The van der Waals surface area contributed by atoms with Crippen LogP contribution in [0.25, 0.3) is 0 Å². The number of anilines is 1. The lowest BCUT2D eigenvalue weighted by Gasteiger charge is -2.32. The molecule has 0 aromatic carbocycles. The standard InChI is InChI=1S/C13H21N3/c1-2-11-6-8-16(9-7-11)13-5-3-4-12(10-14)15-13/h3-5,11H,2,6-10,14H2,1H3. The minimum atomic E-state index is 0.527. The molecule has 1 aliphatic rings. The summed E-state index contributed by atoms with van der Waals surface area (Å²) >= 11 is 0. The van der Waals surface area contributed by atoms with Crippen LogP contribution in [-0.2, 0) is 6.54 Å². The summed E-state index contributed by atoms with van der Waals surface area (Å²) in [6, 6.07) is 6.13. The van der Waals surface area contributed by atoms with E-state index in [-0.39, 0.29) is 0 Å². The second-order valence-corrected chi connectivity index (χ2v) is 4.53. The van der Waals surface area contributed by atoms with Gasteiger partial charge >= 0.3 is 0 Å². The third-order valence-electron chi connectivity index (χ3n) is 3.52. The molecule has 1 aliphatic heterocycles. The summed E-state index contributed by atoms with van der Waals surface area (Å²) in [4.78, 5) is 6.95. The molecule has 1 fully saturated rings. The maximum atomic E-state index is 5.61. The lowest BCUT2D eigenvalue weighted by Crippen LogP contribution is -2.34. The fourth-order valence-corrected chi connectivity index (χ4v) is 2.33. The van der Waals surface area contributed by atoms with Crippen molar-refractivity contribution >= 4 is 5.82 Å². The van der Waals surface area contributed by atoms with Gasteiger partial charge in [0.25, 0.3) is 0 Å². The predicted octanol–water partition coefficient (Wildman–Crippen LogP) is 2.17. The molecule has 2 N–H and O–H groups in total. The predicted molar refractivity (Wildman–Crippen MR) is 67.4 cm³/mol. The van der Waals surface area contributed by atoms with Crippen molar-refractivity contribution in [3.63, 3.8) is 0 Å². The summed E-state index contributed by atoms with van der Waals surface area (Å²) in [6.45, 7) is 5.09. The van der Waals surface area contributed by atoms with Gasteiger partial charge in [-0.1, -0.05) is 19.4 Å². The van der Waals surface area contributed by atoms with Crippen LogP contribution in [0.4, 0.5) is 5.82 Å². The molecule has 0 amide bonds. The first kappa shape index (κ1) is 11.4. The zero-order valence-electron chi connectivity index (χ0n) is 10.0. The van der Waals surface area contributed by atoms with Crippen molar-refractivity contribution in [3.05, 3.63) is 23.9 Å². The van der Waals surface area contributed by atoms with Gasteiger partial charge in [0, 0.05) is 19.6 Å². The van der Waals surface area contributed by atoms with Crippen LogP contribution >= 0.6 is 0 Å². The van der Waals surface area contributed by atoms with E-state index in [0.717, 1.165) is 30.5 Å². The van der Waals surface area contributed by atoms with Gasteiger partial charge in [-0.2, -0.15) is 0 Å². The van der Waals surface area contributed by atoms with Crippen molar-refractivity contribution in [1.82, 2.24) is 4.98 Å². The Morgan fingerprint density at radius 3 is 2.75 bits per heavy atom. The van der Waals surface area contributed by atoms with Crippen LogP contribution in [0.5, 0.6) is 0 Å². The number of aromatic nitrogens is 1. The minimum absolute atomic E-state index is 0.527. The quantitative estimate of drug-likeness (QED) is 0.847. The Morgan fingerprint density at radius 1 is 1.38 bits per heavy atom. The van der Waals surface area contributed by atoms with E-state index in [0.29, 0.717) is 6.54 Å². The monoisotopic (exact) mass is 219 g/mol. The van der Waals surface area contributed by atoms with Gasteiger partial charge < -0.3 is 10.6 Å². The summed E-state index contributed by atoms with van der Waals surface area (Å²) in [7, 11) is 0. The molecule has 0 aliphatic carbocycles. The molecule has 0 unspecified atom stereocenters. The first-order valence-corrected chi connectivity index (χ1v) is 6.24. The number of rotatable bonds is 3. The molecular formula is C13H21N3. The van der Waals surface area contributed by atoms with Crippen molar-refractivity contribution in [1.29, 1.82) is 0 Å². The maximum Gasteiger partial charge on any atom is 0.128 e. The fraction of sp³-hybridized carbons (Fsp3) is 0.615. The lowest BCUT2D eigenvalue weighted by molar-refractivity contribution is 0.393. The molecule has 1 aromatic heterocycles. The van der Waals surface area contributed by atoms with E-state index < -0.39 is 0 Å². The minimum Gasteiger partial charge on any atom is -0.357 e. The van der Waals surface area contributed by atoms with E-state index in [2.05, 4.69) is 28.9 Å². The maximum absolute atomic E-state index is 5.61. The second-order valence-electron chi connectivity index (χ2n) is 4.53. The van der Waals surface area contributed by atoms with E-state index in [9.17, 15) is 0 Å². The smallest absolute Gasteiger partial charge is 0.128 e. The van der Waals surface area contributed by atoms with Gasteiger partial charge in [0.1, 0.15) is 5.82 Å². The van der Waals surface area contributed by atoms with Crippen molar-refractivity contribution in [2.24, 2.45) is 11.7 Å². The molecule has 1 saturated heterocycles. The number of hydrogen-bond acceptors (Lipinski definition) is 3. The van der Waals surface area contributed by atoms with Crippen molar-refractivity contribution < 1.29 is 0 Å². The zero-order chi connectivity index (χ0) is 11.4. The first-order valence-electron chi connectivity index (χ1n) is 6.24. The number of pyridine rings is 1. The lowest BCUT2D eigenvalue weighted by atomic mass is 9.94. The zero-order valence-corrected chi connectivity index (χ0v) is 10.0. The highest BCUT2D eigenvalue weighted by Crippen LogP contribution is 2.23. The highest BCUT2D eigenvalue weighted by atomic mass is 15.2. The Bertz CT molecular complexity index is 330. The molecule has 3 nitrogen and oxygen atoms in total. The molecule has 88 valence electrons. The first-order chi connectivity index (χ1) is 7.83. The van der Waals surface area contributed by atoms with Crippen LogP contribution < -0.4 is 10.6 Å². The van der Waals surface area contributed by atoms with Gasteiger partial charge in [-0.3, -0.25) is 0 Å². The van der Waals surface area contributed by atoms with Crippen molar-refractivity contribution in [2.75, 3.05) is 18.0 Å². The topological polar surface area (TPSA) is 42.1 Å². The number of nitrogens with zero attached hydrogens (tertiary/aromatic N) is 2. The largest absolute Gasteiger partial charge is 0.357 e. The van der Waals surface area contributed by atoms with Gasteiger partial charge in [-0.25, -0.2) is 4.98 Å². The third kappa shape index (κ3) is 2.53. The number of piperidine rings is 1. The highest BCUT2D eigenvalue weighted by molar-refractivity contribution is 5.39. The number of hydrogen-bond donors (Lipinski definition) is 1. The summed E-state index contributed by atoms with van der Waals surface area (Å²) in [5.74, 6) is 2.01. The van der Waals surface area contributed by atoms with Crippen molar-refractivity contribution in [2.45, 2.75) is 32.7 Å². The molecular weight excluding hydrogens is 198 g/mol. The Balaban J connectivity index is 2.02. The molecule has 0 bridgehead atoms. The van der Waals surface area contributed by atoms with Gasteiger partial charge in [-0.15, -0.1) is 0 Å². The average molecular weight is 219 g/mol. The van der Waals surface area contributed by atoms with Crippen LogP contribution in [0, 0.1) is 5.92 Å². The second kappa shape index (κ2) is 5.30. The molecule has 2 heterocycles. The highest BCUT2D eigenvalue weighted by Gasteiger charge is 2.18. The molecule has 1 aromatic rings. The Morgan fingerprint density at radius 2 is 2.12 bits per heavy atom. The molecule has 0 atom stereocenters. The van der Waals surface area contributed by atoms with Gasteiger partial charge in [0.15, 0.2) is 0 Å². The van der Waals surface area contributed by atoms with Gasteiger partial charge in [0.2, 0.25) is 0 Å². The SMILES string of the molecule is CCC1CCN(c2cccc(CN)n2)CC1.